The summed E-state index contributed by atoms with van der Waals surface area (Å²) in [6.45, 7) is -0.129. The van der Waals surface area contributed by atoms with Crippen LogP contribution in [0.2, 0.25) is 0 Å². The first-order valence-corrected chi connectivity index (χ1v) is 10.1. The Balaban J connectivity index is 1.53. The van der Waals surface area contributed by atoms with E-state index in [1.54, 1.807) is 12.1 Å². The summed E-state index contributed by atoms with van der Waals surface area (Å²) in [6.07, 6.45) is -0.730. The van der Waals surface area contributed by atoms with Crippen LogP contribution in [-0.2, 0) is 12.6 Å². The van der Waals surface area contributed by atoms with Gasteiger partial charge in [-0.1, -0.05) is 24.3 Å². The predicted molar refractivity (Wildman–Crippen MR) is 116 cm³/mol. The lowest BCUT2D eigenvalue weighted by Crippen LogP contribution is -2.24. The molecular weight excluding hydrogens is 460 g/mol. The monoisotopic (exact) mass is 477 g/mol. The molecule has 34 heavy (non-hydrogen) atoms. The van der Waals surface area contributed by atoms with Gasteiger partial charge in [0.1, 0.15) is 11.5 Å². The second-order valence-corrected chi connectivity index (χ2v) is 7.40. The molecule has 4 heterocycles. The van der Waals surface area contributed by atoms with Gasteiger partial charge in [0.2, 0.25) is 0 Å². The molecule has 4 rings (SSSR count). The number of hydrogen-bond acceptors (Lipinski definition) is 5. The van der Waals surface area contributed by atoms with Crippen molar-refractivity contribution in [2.24, 2.45) is 9.98 Å². The van der Waals surface area contributed by atoms with E-state index in [1.165, 1.54) is 30.6 Å². The van der Waals surface area contributed by atoms with Crippen LogP contribution in [0.1, 0.15) is 17.5 Å². The van der Waals surface area contributed by atoms with E-state index in [9.17, 15) is 26.3 Å². The molecule has 176 valence electrons. The van der Waals surface area contributed by atoms with Gasteiger partial charge >= 0.3 is 12.4 Å². The Morgan fingerprint density at radius 2 is 1.79 bits per heavy atom. The lowest BCUT2D eigenvalue weighted by molar-refractivity contribution is -0.137. The van der Waals surface area contributed by atoms with Crippen LogP contribution < -0.4 is 5.32 Å². The summed E-state index contributed by atoms with van der Waals surface area (Å²) in [6, 6.07) is 5.24. The van der Waals surface area contributed by atoms with Gasteiger partial charge in [-0.15, -0.1) is 0 Å². The Bertz CT molecular complexity index is 1240. The molecule has 2 aromatic rings. The SMILES string of the molecule is FC(F)(F)C1=CCN=C(NC2=CC=Nc3nc(-c4ncccc4C(F)(F)F)ccc3C2)C/C=C\1. The average molecular weight is 477 g/mol. The summed E-state index contributed by atoms with van der Waals surface area (Å²) in [5.41, 5.74) is -0.555. The molecule has 1 N–H and O–H groups in total. The fourth-order valence-electron chi connectivity index (χ4n) is 3.42. The van der Waals surface area contributed by atoms with Gasteiger partial charge in [0.15, 0.2) is 5.82 Å². The van der Waals surface area contributed by atoms with Crippen molar-refractivity contribution < 1.29 is 26.3 Å². The molecule has 0 saturated carbocycles. The van der Waals surface area contributed by atoms with Gasteiger partial charge in [0.25, 0.3) is 0 Å². The summed E-state index contributed by atoms with van der Waals surface area (Å²) < 4.78 is 78.6. The Hall–Kier alpha value is -3.76. The highest BCUT2D eigenvalue weighted by molar-refractivity contribution is 5.87. The molecule has 0 aromatic carbocycles. The molecular formula is C23H17F6N5. The second-order valence-electron chi connectivity index (χ2n) is 7.40. The van der Waals surface area contributed by atoms with Gasteiger partial charge in [-0.2, -0.15) is 26.3 Å². The fourth-order valence-corrected chi connectivity index (χ4v) is 3.42. The number of amidine groups is 1. The summed E-state index contributed by atoms with van der Waals surface area (Å²) in [4.78, 5) is 16.5. The van der Waals surface area contributed by atoms with E-state index in [1.807, 2.05) is 0 Å². The molecule has 0 atom stereocenters. The van der Waals surface area contributed by atoms with Gasteiger partial charge in [0, 0.05) is 36.5 Å². The summed E-state index contributed by atoms with van der Waals surface area (Å²) in [5.74, 6) is 0.728. The van der Waals surface area contributed by atoms with Crippen molar-refractivity contribution in [1.29, 1.82) is 0 Å². The minimum absolute atomic E-state index is 0.0435. The van der Waals surface area contributed by atoms with Crippen molar-refractivity contribution in [3.63, 3.8) is 0 Å². The number of rotatable bonds is 2. The summed E-state index contributed by atoms with van der Waals surface area (Å²) >= 11 is 0. The van der Waals surface area contributed by atoms with E-state index in [2.05, 4.69) is 25.3 Å². The standard InChI is InChI=1S/C23H17F6N5/c24-22(25,26)15-3-1-5-19(30-11-8-15)33-16-9-12-32-21-14(13-16)6-7-18(34-21)20-17(23(27,28)29)4-2-10-31-20/h1-4,6-10,12H,5,11,13H2,(H,30,33)/b3-1-,15-8?. The first-order valence-electron chi connectivity index (χ1n) is 10.1. The molecule has 0 bridgehead atoms. The highest BCUT2D eigenvalue weighted by atomic mass is 19.4. The van der Waals surface area contributed by atoms with Crippen molar-refractivity contribution >= 4 is 17.9 Å². The number of fused-ring (bicyclic) bond motifs is 1. The van der Waals surface area contributed by atoms with Gasteiger partial charge in [-0.3, -0.25) is 9.98 Å². The minimum Gasteiger partial charge on any atom is -0.347 e. The topological polar surface area (TPSA) is 62.5 Å². The summed E-state index contributed by atoms with van der Waals surface area (Å²) in [7, 11) is 0. The van der Waals surface area contributed by atoms with Gasteiger partial charge in [-0.25, -0.2) is 9.98 Å². The van der Waals surface area contributed by atoms with Crippen LogP contribution in [0.4, 0.5) is 32.2 Å². The number of nitrogens with zero attached hydrogens (tertiary/aromatic N) is 4. The first kappa shape index (κ1) is 23.4. The molecule has 0 radical (unpaired) electrons. The molecule has 0 aliphatic carbocycles. The third-order valence-electron chi connectivity index (χ3n) is 5.00. The van der Waals surface area contributed by atoms with E-state index in [0.717, 1.165) is 18.2 Å². The molecule has 0 unspecified atom stereocenters. The van der Waals surface area contributed by atoms with Crippen molar-refractivity contribution in [3.05, 3.63) is 77.2 Å². The van der Waals surface area contributed by atoms with E-state index in [4.69, 9.17) is 0 Å². The van der Waals surface area contributed by atoms with Crippen molar-refractivity contribution in [3.8, 4) is 11.4 Å². The van der Waals surface area contributed by atoms with Crippen molar-refractivity contribution in [2.75, 3.05) is 6.54 Å². The summed E-state index contributed by atoms with van der Waals surface area (Å²) in [5, 5.41) is 3.10. The third-order valence-corrected chi connectivity index (χ3v) is 5.00. The molecule has 2 aliphatic rings. The number of hydrogen-bond donors (Lipinski definition) is 1. The van der Waals surface area contributed by atoms with Crippen molar-refractivity contribution in [1.82, 2.24) is 15.3 Å². The minimum atomic E-state index is -4.58. The van der Waals surface area contributed by atoms with E-state index >= 15 is 0 Å². The largest absolute Gasteiger partial charge is 0.418 e. The normalized spacial score (nSPS) is 17.4. The number of allylic oxidation sites excluding steroid dienone is 4. The van der Waals surface area contributed by atoms with Crippen LogP contribution in [0.5, 0.6) is 0 Å². The first-order chi connectivity index (χ1) is 16.1. The van der Waals surface area contributed by atoms with E-state index in [-0.39, 0.29) is 30.2 Å². The average Bonchev–Trinajstić information content (AvgIpc) is 2.95. The number of alkyl halides is 6. The quantitative estimate of drug-likeness (QED) is 0.561. The van der Waals surface area contributed by atoms with E-state index in [0.29, 0.717) is 23.5 Å². The molecule has 0 spiro atoms. The van der Waals surface area contributed by atoms with E-state index < -0.39 is 23.5 Å². The Morgan fingerprint density at radius 1 is 0.971 bits per heavy atom. The van der Waals surface area contributed by atoms with Crippen LogP contribution in [0.25, 0.3) is 11.4 Å². The maximum absolute atomic E-state index is 13.4. The second kappa shape index (κ2) is 9.24. The zero-order chi connectivity index (χ0) is 24.3. The highest BCUT2D eigenvalue weighted by Crippen LogP contribution is 2.36. The van der Waals surface area contributed by atoms with Crippen molar-refractivity contribution in [2.45, 2.75) is 25.2 Å². The van der Waals surface area contributed by atoms with Gasteiger partial charge in [0.05, 0.1) is 23.4 Å². The number of aliphatic imine (C=N–C) groups is 2. The zero-order valence-corrected chi connectivity index (χ0v) is 17.5. The molecule has 5 nitrogen and oxygen atoms in total. The zero-order valence-electron chi connectivity index (χ0n) is 17.5. The smallest absolute Gasteiger partial charge is 0.347 e. The van der Waals surface area contributed by atoms with Crippen LogP contribution in [0.15, 0.2) is 76.0 Å². The number of aromatic nitrogens is 2. The Morgan fingerprint density at radius 3 is 2.56 bits per heavy atom. The molecule has 0 saturated heterocycles. The number of halogens is 6. The predicted octanol–water partition coefficient (Wildman–Crippen LogP) is 5.74. The maximum Gasteiger partial charge on any atom is 0.418 e. The van der Waals surface area contributed by atoms with Gasteiger partial charge in [-0.05, 0) is 24.3 Å². The number of nitrogens with one attached hydrogen (secondary N) is 1. The van der Waals surface area contributed by atoms with Crippen LogP contribution in [0, 0.1) is 0 Å². The lowest BCUT2D eigenvalue weighted by Gasteiger charge is -2.15. The maximum atomic E-state index is 13.4. The molecule has 11 heteroatoms. The highest BCUT2D eigenvalue weighted by Gasteiger charge is 2.35. The molecule has 2 aromatic heterocycles. The number of pyridine rings is 2. The third kappa shape index (κ3) is 5.41. The molecule has 2 aliphatic heterocycles. The Labute approximate surface area is 190 Å². The molecule has 0 fully saturated rings. The van der Waals surface area contributed by atoms with Crippen LogP contribution in [-0.4, -0.2) is 34.7 Å². The lowest BCUT2D eigenvalue weighted by atomic mass is 10.1. The molecule has 0 amide bonds. The van der Waals surface area contributed by atoms with Gasteiger partial charge < -0.3 is 5.32 Å². The van der Waals surface area contributed by atoms with Crippen LogP contribution in [0.3, 0.4) is 0 Å². The fraction of sp³-hybridized carbons (Fsp3) is 0.217. The van der Waals surface area contributed by atoms with Crippen LogP contribution >= 0.6 is 0 Å². The Kier molecular flexibility index (Phi) is 6.36.